The molecule has 3 aromatic rings. The quantitative estimate of drug-likeness (QED) is 0.583. The third-order valence-electron chi connectivity index (χ3n) is 4.00. The number of hydrogen-bond donors (Lipinski definition) is 1. The van der Waals surface area contributed by atoms with Gasteiger partial charge in [-0.1, -0.05) is 36.0 Å². The van der Waals surface area contributed by atoms with E-state index in [1.54, 1.807) is 30.1 Å². The number of nitrogens with one attached hydrogen (secondary N) is 1. The Balaban J connectivity index is 1.53. The van der Waals surface area contributed by atoms with Crippen molar-refractivity contribution in [1.82, 2.24) is 20.1 Å². The molecule has 0 bridgehead atoms. The SMILES string of the molecule is CCOc1ccc(CN(C)C(=O)CSc2n[nH]c(-c3ccccc3F)n2)cc1. The highest BCUT2D eigenvalue weighted by atomic mass is 32.2. The topological polar surface area (TPSA) is 71.1 Å². The zero-order valence-electron chi connectivity index (χ0n) is 15.7. The maximum absolute atomic E-state index is 13.8. The lowest BCUT2D eigenvalue weighted by molar-refractivity contribution is -0.127. The lowest BCUT2D eigenvalue weighted by atomic mass is 10.2. The van der Waals surface area contributed by atoms with Crippen LogP contribution in [0.3, 0.4) is 0 Å². The summed E-state index contributed by atoms with van der Waals surface area (Å²) in [5.74, 6) is 0.932. The lowest BCUT2D eigenvalue weighted by Crippen LogP contribution is -2.27. The van der Waals surface area contributed by atoms with Crippen LogP contribution in [0.2, 0.25) is 0 Å². The number of H-pyrrole nitrogens is 1. The van der Waals surface area contributed by atoms with Gasteiger partial charge in [0.05, 0.1) is 17.9 Å². The van der Waals surface area contributed by atoms with E-state index in [-0.39, 0.29) is 17.5 Å². The Labute approximate surface area is 167 Å². The van der Waals surface area contributed by atoms with Crippen molar-refractivity contribution in [1.29, 1.82) is 0 Å². The Kier molecular flexibility index (Phi) is 6.65. The fourth-order valence-corrected chi connectivity index (χ4v) is 3.28. The number of benzene rings is 2. The predicted octanol–water partition coefficient (Wildman–Crippen LogP) is 3.76. The van der Waals surface area contributed by atoms with Crippen molar-refractivity contribution in [3.05, 3.63) is 59.9 Å². The Bertz CT molecular complexity index is 930. The van der Waals surface area contributed by atoms with Gasteiger partial charge in [0.15, 0.2) is 5.82 Å². The van der Waals surface area contributed by atoms with E-state index in [1.807, 2.05) is 31.2 Å². The second kappa shape index (κ2) is 9.36. The van der Waals surface area contributed by atoms with E-state index < -0.39 is 0 Å². The molecule has 8 heteroatoms. The maximum Gasteiger partial charge on any atom is 0.233 e. The average molecular weight is 400 g/mol. The number of amides is 1. The zero-order valence-corrected chi connectivity index (χ0v) is 16.5. The van der Waals surface area contributed by atoms with Gasteiger partial charge in [-0.25, -0.2) is 9.37 Å². The van der Waals surface area contributed by atoms with E-state index in [4.69, 9.17) is 4.74 Å². The van der Waals surface area contributed by atoms with Gasteiger partial charge in [-0.3, -0.25) is 9.89 Å². The van der Waals surface area contributed by atoms with Crippen molar-refractivity contribution < 1.29 is 13.9 Å². The molecule has 0 saturated heterocycles. The van der Waals surface area contributed by atoms with Crippen LogP contribution in [0.25, 0.3) is 11.4 Å². The molecular formula is C20H21FN4O2S. The van der Waals surface area contributed by atoms with Crippen LogP contribution < -0.4 is 4.74 Å². The Hall–Kier alpha value is -2.87. The highest BCUT2D eigenvalue weighted by molar-refractivity contribution is 7.99. The van der Waals surface area contributed by atoms with Crippen LogP contribution in [0, 0.1) is 5.82 Å². The van der Waals surface area contributed by atoms with Gasteiger partial charge in [0.2, 0.25) is 11.1 Å². The second-order valence-corrected chi connectivity index (χ2v) is 7.00. The molecule has 1 amide bonds. The summed E-state index contributed by atoms with van der Waals surface area (Å²) in [5, 5.41) is 7.17. The highest BCUT2D eigenvalue weighted by Gasteiger charge is 2.14. The summed E-state index contributed by atoms with van der Waals surface area (Å²) in [4.78, 5) is 18.3. The van der Waals surface area contributed by atoms with Crippen molar-refractivity contribution >= 4 is 17.7 Å². The van der Waals surface area contributed by atoms with E-state index in [1.165, 1.54) is 17.8 Å². The van der Waals surface area contributed by atoms with E-state index in [0.29, 0.717) is 29.7 Å². The summed E-state index contributed by atoms with van der Waals surface area (Å²) in [7, 11) is 1.75. The molecule has 1 heterocycles. The summed E-state index contributed by atoms with van der Waals surface area (Å²) in [6.45, 7) is 3.06. The molecule has 0 fully saturated rings. The first-order valence-electron chi connectivity index (χ1n) is 8.82. The maximum atomic E-state index is 13.8. The number of thioether (sulfide) groups is 1. The summed E-state index contributed by atoms with van der Waals surface area (Å²) in [6, 6.07) is 14.0. The molecule has 146 valence electrons. The second-order valence-electron chi connectivity index (χ2n) is 6.06. The molecule has 0 aliphatic heterocycles. The molecule has 1 aromatic heterocycles. The van der Waals surface area contributed by atoms with Gasteiger partial charge in [-0.05, 0) is 36.8 Å². The number of aromatic amines is 1. The van der Waals surface area contributed by atoms with Crippen molar-refractivity contribution in [2.75, 3.05) is 19.4 Å². The molecule has 0 spiro atoms. The van der Waals surface area contributed by atoms with Gasteiger partial charge >= 0.3 is 0 Å². The van der Waals surface area contributed by atoms with Crippen molar-refractivity contribution in [2.45, 2.75) is 18.6 Å². The fraction of sp³-hybridized carbons (Fsp3) is 0.250. The number of nitrogens with zero attached hydrogens (tertiary/aromatic N) is 3. The predicted molar refractivity (Wildman–Crippen MR) is 107 cm³/mol. The molecule has 0 aliphatic carbocycles. The summed E-state index contributed by atoms with van der Waals surface area (Å²) in [5.41, 5.74) is 1.37. The van der Waals surface area contributed by atoms with Gasteiger partial charge in [0.1, 0.15) is 11.6 Å². The number of hydrogen-bond acceptors (Lipinski definition) is 5. The smallest absolute Gasteiger partial charge is 0.233 e. The largest absolute Gasteiger partial charge is 0.494 e. The van der Waals surface area contributed by atoms with Crippen LogP contribution in [-0.4, -0.2) is 45.4 Å². The van der Waals surface area contributed by atoms with Crippen molar-refractivity contribution in [3.63, 3.8) is 0 Å². The first-order valence-corrected chi connectivity index (χ1v) is 9.81. The zero-order chi connectivity index (χ0) is 19.9. The molecule has 0 radical (unpaired) electrons. The van der Waals surface area contributed by atoms with Crippen molar-refractivity contribution in [3.8, 4) is 17.1 Å². The number of ether oxygens (including phenoxy) is 1. The number of aromatic nitrogens is 3. The Morgan fingerprint density at radius 3 is 2.68 bits per heavy atom. The number of rotatable bonds is 8. The van der Waals surface area contributed by atoms with Gasteiger partial charge in [0, 0.05) is 13.6 Å². The van der Waals surface area contributed by atoms with Crippen LogP contribution in [0.1, 0.15) is 12.5 Å². The van der Waals surface area contributed by atoms with E-state index >= 15 is 0 Å². The van der Waals surface area contributed by atoms with E-state index in [2.05, 4.69) is 15.2 Å². The minimum absolute atomic E-state index is 0.0453. The number of halogens is 1. The van der Waals surface area contributed by atoms with E-state index in [0.717, 1.165) is 11.3 Å². The number of carbonyl (C=O) groups excluding carboxylic acids is 1. The lowest BCUT2D eigenvalue weighted by Gasteiger charge is -2.17. The molecule has 28 heavy (non-hydrogen) atoms. The van der Waals surface area contributed by atoms with Gasteiger partial charge in [-0.15, -0.1) is 5.10 Å². The van der Waals surface area contributed by atoms with Gasteiger partial charge < -0.3 is 9.64 Å². The first-order chi connectivity index (χ1) is 13.6. The third kappa shape index (κ3) is 5.10. The van der Waals surface area contributed by atoms with E-state index in [9.17, 15) is 9.18 Å². The molecule has 0 aliphatic rings. The standard InChI is InChI=1S/C20H21FN4O2S/c1-3-27-15-10-8-14(9-11-15)12-25(2)18(26)13-28-20-22-19(23-24-20)16-6-4-5-7-17(16)21/h4-11H,3,12-13H2,1-2H3,(H,22,23,24). The van der Waals surface area contributed by atoms with Gasteiger partial charge in [0.25, 0.3) is 0 Å². The monoisotopic (exact) mass is 400 g/mol. The van der Waals surface area contributed by atoms with Crippen LogP contribution >= 0.6 is 11.8 Å². The number of carbonyl (C=O) groups is 1. The van der Waals surface area contributed by atoms with Crippen LogP contribution in [0.15, 0.2) is 53.7 Å². The minimum Gasteiger partial charge on any atom is -0.494 e. The summed E-state index contributed by atoms with van der Waals surface area (Å²) < 4.78 is 19.2. The molecule has 6 nitrogen and oxygen atoms in total. The summed E-state index contributed by atoms with van der Waals surface area (Å²) >= 11 is 1.21. The Morgan fingerprint density at radius 2 is 1.96 bits per heavy atom. The van der Waals surface area contributed by atoms with Crippen molar-refractivity contribution in [2.24, 2.45) is 0 Å². The van der Waals surface area contributed by atoms with Gasteiger partial charge in [-0.2, -0.15) is 0 Å². The molecule has 0 saturated carbocycles. The average Bonchev–Trinajstić information content (AvgIpc) is 3.17. The molecule has 3 rings (SSSR count). The molecule has 0 unspecified atom stereocenters. The van der Waals surface area contributed by atoms with Crippen LogP contribution in [0.4, 0.5) is 4.39 Å². The van der Waals surface area contributed by atoms with Crippen LogP contribution in [-0.2, 0) is 11.3 Å². The van der Waals surface area contributed by atoms with Crippen LogP contribution in [0.5, 0.6) is 5.75 Å². The normalized spacial score (nSPS) is 10.7. The molecular weight excluding hydrogens is 379 g/mol. The third-order valence-corrected chi connectivity index (χ3v) is 4.83. The fourth-order valence-electron chi connectivity index (χ4n) is 2.54. The summed E-state index contributed by atoms with van der Waals surface area (Å²) in [6.07, 6.45) is 0. The highest BCUT2D eigenvalue weighted by Crippen LogP contribution is 2.22. The Morgan fingerprint density at radius 1 is 1.21 bits per heavy atom. The minimum atomic E-state index is -0.374. The molecule has 1 N–H and O–H groups in total. The molecule has 0 atom stereocenters. The first kappa shape index (κ1) is 19.9. The molecule has 2 aromatic carbocycles.